The quantitative estimate of drug-likeness (QED) is 0.158. The monoisotopic (exact) mass is 748 g/mol. The third-order valence-corrected chi connectivity index (χ3v) is 11.6. The van der Waals surface area contributed by atoms with Crippen LogP contribution in [0.5, 0.6) is 5.75 Å². The molecular weight excluding hydrogens is 693 g/mol. The summed E-state index contributed by atoms with van der Waals surface area (Å²) in [5.74, 6) is 3.42. The van der Waals surface area contributed by atoms with Gasteiger partial charge in [-0.1, -0.05) is 76.2 Å². The number of fused-ring (bicyclic) bond motifs is 2. The van der Waals surface area contributed by atoms with Gasteiger partial charge in [0.2, 0.25) is 0 Å². The number of nitrogens with one attached hydrogen (secondary N) is 1. The van der Waals surface area contributed by atoms with Crippen molar-refractivity contribution in [2.24, 2.45) is 0 Å². The predicted molar refractivity (Wildman–Crippen MR) is 235 cm³/mol. The zero-order valence-corrected chi connectivity index (χ0v) is 35.3. The van der Waals surface area contributed by atoms with Gasteiger partial charge >= 0.3 is 0 Å². The summed E-state index contributed by atoms with van der Waals surface area (Å²) in [7, 11) is 1.61. The second-order valence-electron chi connectivity index (χ2n) is 15.7. The topological polar surface area (TPSA) is 90.6 Å². The third kappa shape index (κ3) is 7.21. The van der Waals surface area contributed by atoms with E-state index in [-0.39, 0.29) is 5.91 Å². The first-order chi connectivity index (χ1) is 26.5. The fourth-order valence-electron chi connectivity index (χ4n) is 7.77. The van der Waals surface area contributed by atoms with Crippen molar-refractivity contribution in [2.75, 3.05) is 18.2 Å². The standard InChI is InChI=1S/C29H31NO3.C21H25NO/c1-16(2)21-8-10-22(11-9-21)26-20(6)33-28-18(4)17(3)27(19(5)25(26)28)30-29(31)23-12-14-24(32-7)15-13-23;1-11(2)16-7-9-17(10-8-16)19-15(6)23-21-13(4)12(3)20(22)14(5)18(19)21/h8-16H,1-7H3,(H,30,31);7-11H,22H2,1-6H3. The molecule has 0 aliphatic heterocycles. The van der Waals surface area contributed by atoms with E-state index >= 15 is 0 Å². The van der Waals surface area contributed by atoms with Gasteiger partial charge in [-0.3, -0.25) is 4.79 Å². The van der Waals surface area contributed by atoms with Gasteiger partial charge in [0.05, 0.1) is 7.11 Å². The van der Waals surface area contributed by atoms with Gasteiger partial charge in [0.15, 0.2) is 0 Å². The van der Waals surface area contributed by atoms with Crippen molar-refractivity contribution >= 4 is 39.2 Å². The molecule has 0 aliphatic carbocycles. The SMILES string of the molecule is COc1ccc(C(=O)Nc2c(C)c(C)c3oc(C)c(-c4ccc(C(C)C)cc4)c3c2C)cc1.Cc1oc2c(C)c(C)c(N)c(C)c2c1-c1ccc(C(C)C)cc1. The van der Waals surface area contributed by atoms with Crippen LogP contribution in [0.4, 0.5) is 11.4 Å². The van der Waals surface area contributed by atoms with Crippen molar-refractivity contribution in [3.05, 3.63) is 134 Å². The maximum atomic E-state index is 13.1. The Bertz CT molecular complexity index is 2570. The largest absolute Gasteiger partial charge is 0.497 e. The maximum Gasteiger partial charge on any atom is 0.255 e. The molecule has 2 heterocycles. The smallest absolute Gasteiger partial charge is 0.255 e. The number of methoxy groups -OCH3 is 1. The van der Waals surface area contributed by atoms with Gasteiger partial charge in [0.25, 0.3) is 5.91 Å². The molecule has 7 rings (SSSR count). The first-order valence-corrected chi connectivity index (χ1v) is 19.5. The Morgan fingerprint density at radius 2 is 1.00 bits per heavy atom. The van der Waals surface area contributed by atoms with Gasteiger partial charge in [-0.05, 0) is 147 Å². The lowest BCUT2D eigenvalue weighted by Gasteiger charge is -2.16. The highest BCUT2D eigenvalue weighted by Crippen LogP contribution is 2.44. The molecule has 0 aliphatic rings. The van der Waals surface area contributed by atoms with Crippen molar-refractivity contribution in [2.45, 2.75) is 94.9 Å². The molecule has 0 radical (unpaired) electrons. The van der Waals surface area contributed by atoms with E-state index in [1.165, 1.54) is 22.3 Å². The van der Waals surface area contributed by atoms with Crippen molar-refractivity contribution in [3.8, 4) is 28.0 Å². The Morgan fingerprint density at radius 3 is 1.43 bits per heavy atom. The summed E-state index contributed by atoms with van der Waals surface area (Å²) in [6, 6.07) is 24.6. The normalized spacial score (nSPS) is 11.4. The average Bonchev–Trinajstić information content (AvgIpc) is 3.74. The molecule has 0 fully saturated rings. The Hall–Kier alpha value is -5.75. The van der Waals surface area contributed by atoms with Gasteiger partial charge in [0.1, 0.15) is 28.4 Å². The summed E-state index contributed by atoms with van der Waals surface area (Å²) in [6.45, 7) is 25.2. The molecule has 6 nitrogen and oxygen atoms in total. The first-order valence-electron chi connectivity index (χ1n) is 19.5. The van der Waals surface area contributed by atoms with Crippen molar-refractivity contribution in [1.82, 2.24) is 0 Å². The molecule has 0 saturated carbocycles. The van der Waals surface area contributed by atoms with Crippen molar-refractivity contribution < 1.29 is 18.4 Å². The number of furan rings is 2. The number of ether oxygens (including phenoxy) is 1. The summed E-state index contributed by atoms with van der Waals surface area (Å²) in [5.41, 5.74) is 24.1. The molecule has 7 aromatic rings. The van der Waals surface area contributed by atoms with E-state index in [9.17, 15) is 4.79 Å². The van der Waals surface area contributed by atoms with Gasteiger partial charge in [-0.2, -0.15) is 0 Å². The zero-order valence-electron chi connectivity index (χ0n) is 35.3. The molecule has 56 heavy (non-hydrogen) atoms. The molecule has 5 aromatic carbocycles. The van der Waals surface area contributed by atoms with Gasteiger partial charge in [0, 0.05) is 38.8 Å². The van der Waals surface area contributed by atoms with Crippen LogP contribution in [0.2, 0.25) is 0 Å². The molecule has 2 aromatic heterocycles. The lowest BCUT2D eigenvalue weighted by Crippen LogP contribution is -2.14. The summed E-state index contributed by atoms with van der Waals surface area (Å²) in [6.07, 6.45) is 0. The highest BCUT2D eigenvalue weighted by atomic mass is 16.5. The highest BCUT2D eigenvalue weighted by molar-refractivity contribution is 6.09. The van der Waals surface area contributed by atoms with Crippen LogP contribution in [0.15, 0.2) is 81.6 Å². The number of rotatable bonds is 7. The molecule has 0 atom stereocenters. The number of hydrogen-bond donors (Lipinski definition) is 2. The number of amides is 1. The summed E-state index contributed by atoms with van der Waals surface area (Å²) in [4.78, 5) is 13.1. The van der Waals surface area contributed by atoms with Crippen molar-refractivity contribution in [1.29, 1.82) is 0 Å². The van der Waals surface area contributed by atoms with Gasteiger partial charge < -0.3 is 24.6 Å². The van der Waals surface area contributed by atoms with E-state index in [1.54, 1.807) is 31.4 Å². The fraction of sp³-hybridized carbons (Fsp3) is 0.300. The van der Waals surface area contributed by atoms with Crippen LogP contribution in [-0.4, -0.2) is 13.0 Å². The van der Waals surface area contributed by atoms with E-state index < -0.39 is 0 Å². The van der Waals surface area contributed by atoms with Crippen molar-refractivity contribution in [3.63, 3.8) is 0 Å². The number of carbonyl (C=O) groups excluding carboxylic acids is 1. The molecule has 1 amide bonds. The van der Waals surface area contributed by atoms with E-state index in [2.05, 4.69) is 116 Å². The van der Waals surface area contributed by atoms with Crippen LogP contribution < -0.4 is 15.8 Å². The number of hydrogen-bond acceptors (Lipinski definition) is 5. The Kier molecular flexibility index (Phi) is 11.2. The highest BCUT2D eigenvalue weighted by Gasteiger charge is 2.23. The molecule has 0 saturated heterocycles. The van der Waals surface area contributed by atoms with Crippen LogP contribution in [0.3, 0.4) is 0 Å². The summed E-state index contributed by atoms with van der Waals surface area (Å²) >= 11 is 0. The third-order valence-electron chi connectivity index (χ3n) is 11.6. The summed E-state index contributed by atoms with van der Waals surface area (Å²) < 4.78 is 17.6. The number of carbonyl (C=O) groups is 1. The second-order valence-corrected chi connectivity index (χ2v) is 15.7. The van der Waals surface area contributed by atoms with Gasteiger partial charge in [-0.25, -0.2) is 0 Å². The predicted octanol–water partition coefficient (Wildman–Crippen LogP) is 13.8. The molecular formula is C50H56N2O4. The zero-order chi connectivity index (χ0) is 40.7. The van der Waals surface area contributed by atoms with E-state index in [4.69, 9.17) is 19.3 Å². The van der Waals surface area contributed by atoms with Gasteiger partial charge in [-0.15, -0.1) is 0 Å². The van der Waals surface area contributed by atoms with Crippen LogP contribution in [0, 0.1) is 55.4 Å². The number of anilines is 2. The first kappa shape index (κ1) is 39.9. The Labute approximate surface area is 332 Å². The minimum absolute atomic E-state index is 0.148. The molecule has 0 unspecified atom stereocenters. The van der Waals surface area contributed by atoms with Crippen LogP contribution >= 0.6 is 0 Å². The Balaban J connectivity index is 0.000000202. The van der Waals surface area contributed by atoms with Crippen LogP contribution in [0.25, 0.3) is 44.2 Å². The molecule has 0 spiro atoms. The average molecular weight is 749 g/mol. The number of benzene rings is 5. The molecule has 6 heteroatoms. The number of nitrogen functional groups attached to an aromatic ring is 1. The molecule has 290 valence electrons. The second kappa shape index (κ2) is 15.8. The minimum Gasteiger partial charge on any atom is -0.497 e. The van der Waals surface area contributed by atoms with E-state index in [0.29, 0.717) is 17.4 Å². The lowest BCUT2D eigenvalue weighted by atomic mass is 9.92. The maximum absolute atomic E-state index is 13.1. The van der Waals surface area contributed by atoms with Crippen LogP contribution in [-0.2, 0) is 0 Å². The lowest BCUT2D eigenvalue weighted by molar-refractivity contribution is 0.102. The molecule has 3 N–H and O–H groups in total. The fourth-order valence-corrected chi connectivity index (χ4v) is 7.77. The number of nitrogens with two attached hydrogens (primary N) is 1. The molecule has 0 bridgehead atoms. The van der Waals surface area contributed by atoms with E-state index in [1.807, 2.05) is 20.8 Å². The minimum atomic E-state index is -0.148. The van der Waals surface area contributed by atoms with E-state index in [0.717, 1.165) is 95.1 Å². The summed E-state index contributed by atoms with van der Waals surface area (Å²) in [5, 5.41) is 5.36. The Morgan fingerprint density at radius 1 is 0.571 bits per heavy atom. The van der Waals surface area contributed by atoms with Crippen LogP contribution in [0.1, 0.15) is 106 Å². The number of aryl methyl sites for hydroxylation is 6.